The fraction of sp³-hybridized carbons (Fsp3) is 0. The van der Waals surface area contributed by atoms with E-state index in [1.807, 2.05) is 12.1 Å². The van der Waals surface area contributed by atoms with E-state index in [4.69, 9.17) is 9.97 Å². The lowest BCUT2D eigenvalue weighted by Crippen LogP contribution is -2.04. The molecule has 0 radical (unpaired) electrons. The predicted octanol–water partition coefficient (Wildman–Crippen LogP) is 15.1. The Kier molecular flexibility index (Phi) is 7.57. The maximum atomic E-state index is 5.53. The molecule has 0 saturated heterocycles. The van der Waals surface area contributed by atoms with Gasteiger partial charge in [-0.05, 0) is 98.4 Å². The van der Waals surface area contributed by atoms with Crippen LogP contribution in [0.4, 0.5) is 0 Å². The minimum Gasteiger partial charge on any atom is -0.309 e. The molecule has 0 fully saturated rings. The molecule has 62 heavy (non-hydrogen) atoms. The Balaban J connectivity index is 1.09. The lowest BCUT2D eigenvalue weighted by Gasteiger charge is -2.17. The van der Waals surface area contributed by atoms with Crippen molar-refractivity contribution < 1.29 is 0 Å². The minimum atomic E-state index is 0.804. The molecule has 288 valence electrons. The van der Waals surface area contributed by atoms with Crippen molar-refractivity contribution in [2.24, 2.45) is 0 Å². The molecule has 0 bridgehead atoms. The van der Waals surface area contributed by atoms with Gasteiger partial charge in [-0.2, -0.15) is 0 Å². The smallest absolute Gasteiger partial charge is 0.165 e. The van der Waals surface area contributed by atoms with Crippen LogP contribution in [0.3, 0.4) is 0 Å². The van der Waals surface area contributed by atoms with Crippen LogP contribution in [0.25, 0.3) is 121 Å². The van der Waals surface area contributed by atoms with Crippen LogP contribution in [0.15, 0.2) is 218 Å². The Hall–Kier alpha value is -8.34. The highest BCUT2D eigenvalue weighted by Crippen LogP contribution is 2.43. The number of fused-ring (bicyclic) bond motifs is 10. The lowest BCUT2D eigenvalue weighted by atomic mass is 9.93. The van der Waals surface area contributed by atoms with Crippen molar-refractivity contribution in [3.8, 4) is 45.0 Å². The van der Waals surface area contributed by atoms with Crippen LogP contribution in [-0.4, -0.2) is 19.1 Å². The Morgan fingerprint density at radius 3 is 1.71 bits per heavy atom. The zero-order valence-electron chi connectivity index (χ0n) is 33.6. The molecular weight excluding hydrogens is 753 g/mol. The van der Waals surface area contributed by atoms with Crippen LogP contribution in [0, 0.1) is 0 Å². The highest BCUT2D eigenvalue weighted by Gasteiger charge is 2.23. The Morgan fingerprint density at radius 1 is 0.306 bits per heavy atom. The fourth-order valence-corrected chi connectivity index (χ4v) is 9.91. The largest absolute Gasteiger partial charge is 0.309 e. The van der Waals surface area contributed by atoms with Gasteiger partial charge in [0, 0.05) is 32.8 Å². The molecule has 0 N–H and O–H groups in total. The summed E-state index contributed by atoms with van der Waals surface area (Å²) in [5, 5.41) is 9.58. The first-order valence-electron chi connectivity index (χ1n) is 21.2. The molecule has 10 aromatic carbocycles. The minimum absolute atomic E-state index is 0.804. The SMILES string of the molecule is c1ccc(-c2ccc(-c3nc4ccccc4nc3-n3c4ccc(-c5ccc6c7ccccc7n(-c7ccccc7)c6c5)cc4c4c5ccccc5ccc43)c3ccccc23)cc1. The third kappa shape index (κ3) is 5.20. The molecule has 0 unspecified atom stereocenters. The molecule has 4 nitrogen and oxygen atoms in total. The van der Waals surface area contributed by atoms with Gasteiger partial charge in [-0.15, -0.1) is 0 Å². The molecule has 13 rings (SSSR count). The monoisotopic (exact) mass is 788 g/mol. The molecule has 3 aromatic heterocycles. The number of rotatable bonds is 5. The maximum absolute atomic E-state index is 5.53. The molecule has 0 aliphatic carbocycles. The first-order chi connectivity index (χ1) is 30.8. The van der Waals surface area contributed by atoms with Crippen LogP contribution in [0.5, 0.6) is 0 Å². The molecule has 0 saturated carbocycles. The third-order valence-electron chi connectivity index (χ3n) is 12.7. The maximum Gasteiger partial charge on any atom is 0.165 e. The number of hydrogen-bond donors (Lipinski definition) is 0. The molecule has 0 atom stereocenters. The topological polar surface area (TPSA) is 35.6 Å². The van der Waals surface area contributed by atoms with Crippen molar-refractivity contribution in [2.45, 2.75) is 0 Å². The second-order valence-electron chi connectivity index (χ2n) is 16.1. The predicted molar refractivity (Wildman–Crippen MR) is 260 cm³/mol. The summed E-state index contributed by atoms with van der Waals surface area (Å²) in [5.74, 6) is 0.804. The summed E-state index contributed by atoms with van der Waals surface area (Å²) in [7, 11) is 0. The van der Waals surface area contributed by atoms with Crippen molar-refractivity contribution in [1.82, 2.24) is 19.1 Å². The van der Waals surface area contributed by atoms with Gasteiger partial charge in [0.25, 0.3) is 0 Å². The van der Waals surface area contributed by atoms with Gasteiger partial charge in [-0.3, -0.25) is 4.57 Å². The first kappa shape index (κ1) is 34.5. The summed E-state index contributed by atoms with van der Waals surface area (Å²) in [6.07, 6.45) is 0. The van der Waals surface area contributed by atoms with Gasteiger partial charge in [0.1, 0.15) is 5.69 Å². The van der Waals surface area contributed by atoms with E-state index in [2.05, 4.69) is 215 Å². The molecule has 13 aromatic rings. The number of nitrogens with zero attached hydrogens (tertiary/aromatic N) is 4. The number of benzene rings is 10. The van der Waals surface area contributed by atoms with E-state index in [-0.39, 0.29) is 0 Å². The highest BCUT2D eigenvalue weighted by atomic mass is 15.1. The van der Waals surface area contributed by atoms with Gasteiger partial charge in [0.05, 0.1) is 33.1 Å². The van der Waals surface area contributed by atoms with Crippen LogP contribution < -0.4 is 0 Å². The van der Waals surface area contributed by atoms with E-state index in [9.17, 15) is 0 Å². The normalized spacial score (nSPS) is 11.9. The summed E-state index contributed by atoms with van der Waals surface area (Å²) < 4.78 is 4.74. The molecule has 4 heteroatoms. The summed E-state index contributed by atoms with van der Waals surface area (Å²) in [5.41, 5.74) is 14.0. The number of para-hydroxylation sites is 4. The zero-order chi connectivity index (χ0) is 40.7. The zero-order valence-corrected chi connectivity index (χ0v) is 33.6. The second kappa shape index (κ2) is 13.6. The quantitative estimate of drug-likeness (QED) is 0.174. The molecule has 0 spiro atoms. The van der Waals surface area contributed by atoms with E-state index in [1.54, 1.807) is 0 Å². The van der Waals surface area contributed by atoms with E-state index in [0.29, 0.717) is 0 Å². The van der Waals surface area contributed by atoms with Crippen molar-refractivity contribution in [1.29, 1.82) is 0 Å². The lowest BCUT2D eigenvalue weighted by molar-refractivity contribution is 1.08. The Bertz CT molecular complexity index is 3920. The standard InChI is InChI=1S/C58H36N4/c1-3-15-37(16-4-1)42-31-32-48(45-22-10-9-21-44(42)45)57-58(60-51-25-13-12-24-50(51)59-57)62-53-33-29-39(35-49(53)56-43-20-8-7-17-38(43)28-34-54(56)62)40-27-30-47-46-23-11-14-26-52(46)61(55(47)36-40)41-18-5-2-6-19-41/h1-36H. The second-order valence-corrected chi connectivity index (χ2v) is 16.1. The van der Waals surface area contributed by atoms with Crippen LogP contribution >= 0.6 is 0 Å². The van der Waals surface area contributed by atoms with E-state index in [1.165, 1.54) is 59.9 Å². The molecule has 0 amide bonds. The number of aromatic nitrogens is 4. The summed E-state index contributed by atoms with van der Waals surface area (Å²) >= 11 is 0. The van der Waals surface area contributed by atoms with Gasteiger partial charge in [0.2, 0.25) is 0 Å². The van der Waals surface area contributed by atoms with Gasteiger partial charge in [-0.1, -0.05) is 164 Å². The molecule has 3 heterocycles. The van der Waals surface area contributed by atoms with Crippen LogP contribution in [0.1, 0.15) is 0 Å². The molecule has 0 aliphatic heterocycles. The summed E-state index contributed by atoms with van der Waals surface area (Å²) in [6, 6.07) is 78.5. The highest BCUT2D eigenvalue weighted by molar-refractivity contribution is 6.22. The summed E-state index contributed by atoms with van der Waals surface area (Å²) in [6.45, 7) is 0. The van der Waals surface area contributed by atoms with E-state index in [0.717, 1.165) is 61.3 Å². The van der Waals surface area contributed by atoms with E-state index >= 15 is 0 Å². The first-order valence-corrected chi connectivity index (χ1v) is 21.2. The van der Waals surface area contributed by atoms with Crippen molar-refractivity contribution in [3.05, 3.63) is 218 Å². The number of hydrogen-bond acceptors (Lipinski definition) is 2. The Morgan fingerprint density at radius 2 is 0.887 bits per heavy atom. The van der Waals surface area contributed by atoms with Gasteiger partial charge in [-0.25, -0.2) is 9.97 Å². The average Bonchev–Trinajstić information content (AvgIpc) is 3.86. The van der Waals surface area contributed by atoms with Gasteiger partial charge >= 0.3 is 0 Å². The van der Waals surface area contributed by atoms with Gasteiger partial charge in [0.15, 0.2) is 5.82 Å². The molecular formula is C58H36N4. The summed E-state index contributed by atoms with van der Waals surface area (Å²) in [4.78, 5) is 11.0. The van der Waals surface area contributed by atoms with Crippen LogP contribution in [0.2, 0.25) is 0 Å². The average molecular weight is 789 g/mol. The van der Waals surface area contributed by atoms with Crippen molar-refractivity contribution in [3.63, 3.8) is 0 Å². The van der Waals surface area contributed by atoms with E-state index < -0.39 is 0 Å². The van der Waals surface area contributed by atoms with Crippen LogP contribution in [-0.2, 0) is 0 Å². The van der Waals surface area contributed by atoms with Gasteiger partial charge < -0.3 is 4.57 Å². The van der Waals surface area contributed by atoms with Crippen molar-refractivity contribution in [2.75, 3.05) is 0 Å². The Labute approximate surface area is 357 Å². The fourth-order valence-electron chi connectivity index (χ4n) is 9.91. The third-order valence-corrected chi connectivity index (χ3v) is 12.7. The van der Waals surface area contributed by atoms with Crippen molar-refractivity contribution >= 4 is 76.2 Å². The molecule has 0 aliphatic rings.